The fraction of sp³-hybridized carbons (Fsp3) is 0.750. The molecule has 280 valence electrons. The Morgan fingerprint density at radius 2 is 1.24 bits per heavy atom. The lowest BCUT2D eigenvalue weighted by Gasteiger charge is -2.25. The van der Waals surface area contributed by atoms with Crippen LogP contribution in [0.25, 0.3) is 0 Å². The van der Waals surface area contributed by atoms with Crippen molar-refractivity contribution in [1.29, 1.82) is 0 Å². The maximum absolute atomic E-state index is 13.3. The molecule has 4 atom stereocenters. The normalized spacial score (nSPS) is 13.4. The molecule has 0 heterocycles. The highest BCUT2D eigenvalue weighted by Gasteiger charge is 2.31. The number of nitrogens with one attached hydrogen (secondary N) is 5. The Morgan fingerprint density at radius 3 is 1.78 bits per heavy atom. The summed E-state index contributed by atoms with van der Waals surface area (Å²) in [5.41, 5.74) is 10.7. The number of aliphatic carboxylic acids is 2. The first-order valence-corrected chi connectivity index (χ1v) is 17.0. The number of unbranched alkanes of at least 4 members (excludes halogenated alkanes) is 6. The van der Waals surface area contributed by atoms with Gasteiger partial charge in [-0.3, -0.25) is 33.8 Å². The molecule has 0 aliphatic carbocycles. The number of guanidine groups is 1. The van der Waals surface area contributed by atoms with Crippen molar-refractivity contribution in [3.63, 3.8) is 0 Å². The molecule has 0 aromatic rings. The van der Waals surface area contributed by atoms with Crippen LogP contribution in [0.1, 0.15) is 105 Å². The van der Waals surface area contributed by atoms with Crippen molar-refractivity contribution in [3.8, 4) is 0 Å². The summed E-state index contributed by atoms with van der Waals surface area (Å²) in [5.74, 6) is -7.39. The standard InChI is InChI=1S/C32H58N8O9/c1-6-7-8-9-10-11-12-15-23(41)39-26(19(2)3)30(47)38-21(14-13-16-35-32(33)34)28(45)36-18-24(42)37-22(17-25(43)44)29(46)40-27(20(4)5)31(48)49/h19-22,26-27H,6-18H2,1-5H3,(H,36,45)(H,37,42)(H,38,47)(H,39,41)(H,40,46)(H,43,44)(H,48,49)(H4,33,34,35)/t21-,22-,26-,27-/m0/s1. The van der Waals surface area contributed by atoms with E-state index in [0.717, 1.165) is 25.7 Å². The average molecular weight is 699 g/mol. The highest BCUT2D eigenvalue weighted by atomic mass is 16.4. The molecule has 0 fully saturated rings. The predicted octanol–water partition coefficient (Wildman–Crippen LogP) is 0.107. The van der Waals surface area contributed by atoms with Crippen LogP contribution in [0.15, 0.2) is 4.99 Å². The topological polar surface area (TPSA) is 284 Å². The number of carbonyl (C=O) groups is 7. The fourth-order valence-electron chi connectivity index (χ4n) is 4.74. The van der Waals surface area contributed by atoms with E-state index < -0.39 is 78.6 Å². The Morgan fingerprint density at radius 1 is 0.653 bits per heavy atom. The number of amides is 5. The lowest BCUT2D eigenvalue weighted by Crippen LogP contribution is -2.57. The SMILES string of the molecule is CCCCCCCCCC(=O)N[C@H](C(=O)N[C@@H](CCCN=C(N)N)C(=O)NCC(=O)N[C@@H](CC(=O)O)C(=O)N[C@H](C(=O)O)C(C)C)C(C)C. The van der Waals surface area contributed by atoms with E-state index in [0.29, 0.717) is 6.42 Å². The highest BCUT2D eigenvalue weighted by Crippen LogP contribution is 2.10. The molecule has 0 aliphatic heterocycles. The average Bonchev–Trinajstić information content (AvgIpc) is 3.00. The Labute approximate surface area is 288 Å². The summed E-state index contributed by atoms with van der Waals surface area (Å²) in [7, 11) is 0. The van der Waals surface area contributed by atoms with E-state index in [1.54, 1.807) is 27.7 Å². The molecule has 11 N–H and O–H groups in total. The lowest BCUT2D eigenvalue weighted by atomic mass is 10.0. The van der Waals surface area contributed by atoms with Gasteiger partial charge in [0.25, 0.3) is 0 Å². The van der Waals surface area contributed by atoms with Crippen molar-refractivity contribution in [2.75, 3.05) is 13.1 Å². The largest absolute Gasteiger partial charge is 0.481 e. The quantitative estimate of drug-likeness (QED) is 0.0332. The van der Waals surface area contributed by atoms with Gasteiger partial charge in [-0.15, -0.1) is 0 Å². The van der Waals surface area contributed by atoms with Crippen LogP contribution < -0.4 is 38.1 Å². The second kappa shape index (κ2) is 24.7. The number of rotatable bonds is 26. The zero-order chi connectivity index (χ0) is 37.5. The summed E-state index contributed by atoms with van der Waals surface area (Å²) in [4.78, 5) is 91.2. The minimum atomic E-state index is -1.63. The van der Waals surface area contributed by atoms with Crippen LogP contribution in [0, 0.1) is 11.8 Å². The van der Waals surface area contributed by atoms with Crippen molar-refractivity contribution in [2.24, 2.45) is 28.3 Å². The molecule has 49 heavy (non-hydrogen) atoms. The smallest absolute Gasteiger partial charge is 0.326 e. The van der Waals surface area contributed by atoms with Gasteiger partial charge in [-0.05, 0) is 31.1 Å². The third-order valence-electron chi connectivity index (χ3n) is 7.54. The molecular weight excluding hydrogens is 640 g/mol. The molecule has 0 bridgehead atoms. The molecule has 0 spiro atoms. The summed E-state index contributed by atoms with van der Waals surface area (Å²) in [6, 6.07) is -5.07. The molecule has 0 saturated heterocycles. The summed E-state index contributed by atoms with van der Waals surface area (Å²) in [6.45, 7) is 8.18. The molecule has 5 amide bonds. The van der Waals surface area contributed by atoms with Gasteiger partial charge in [0.15, 0.2) is 5.96 Å². The van der Waals surface area contributed by atoms with Gasteiger partial charge in [-0.1, -0.05) is 73.1 Å². The molecule has 17 nitrogen and oxygen atoms in total. The molecule has 0 radical (unpaired) electrons. The predicted molar refractivity (Wildman–Crippen MR) is 183 cm³/mol. The molecular formula is C32H58N8O9. The van der Waals surface area contributed by atoms with Crippen LogP contribution >= 0.6 is 0 Å². The minimum Gasteiger partial charge on any atom is -0.481 e. The second-order valence-electron chi connectivity index (χ2n) is 12.7. The van der Waals surface area contributed by atoms with Crippen LogP contribution in [-0.4, -0.2) is 94.9 Å². The van der Waals surface area contributed by atoms with Crippen LogP contribution in [-0.2, 0) is 33.6 Å². The lowest BCUT2D eigenvalue weighted by molar-refractivity contribution is -0.144. The van der Waals surface area contributed by atoms with Gasteiger partial charge in [0, 0.05) is 13.0 Å². The van der Waals surface area contributed by atoms with E-state index in [9.17, 15) is 43.8 Å². The molecule has 0 aromatic heterocycles. The van der Waals surface area contributed by atoms with Gasteiger partial charge in [0.1, 0.15) is 24.2 Å². The van der Waals surface area contributed by atoms with Crippen molar-refractivity contribution in [3.05, 3.63) is 0 Å². The Kier molecular flexibility index (Phi) is 22.4. The van der Waals surface area contributed by atoms with Gasteiger partial charge >= 0.3 is 11.9 Å². The van der Waals surface area contributed by atoms with E-state index >= 15 is 0 Å². The molecule has 0 unspecified atom stereocenters. The van der Waals surface area contributed by atoms with E-state index in [2.05, 4.69) is 38.5 Å². The van der Waals surface area contributed by atoms with E-state index in [1.807, 2.05) is 0 Å². The number of carbonyl (C=O) groups excluding carboxylic acids is 5. The minimum absolute atomic E-state index is 0.0581. The summed E-state index contributed by atoms with van der Waals surface area (Å²) < 4.78 is 0. The van der Waals surface area contributed by atoms with Crippen LogP contribution in [0.3, 0.4) is 0 Å². The Hall–Kier alpha value is -4.44. The number of carboxylic acids is 2. The maximum atomic E-state index is 13.3. The monoisotopic (exact) mass is 698 g/mol. The Bertz CT molecular complexity index is 1130. The number of nitrogens with two attached hydrogens (primary N) is 2. The third-order valence-corrected chi connectivity index (χ3v) is 7.54. The van der Waals surface area contributed by atoms with Gasteiger partial charge in [0.2, 0.25) is 29.5 Å². The van der Waals surface area contributed by atoms with Crippen LogP contribution in [0.2, 0.25) is 0 Å². The molecule has 0 aromatic carbocycles. The second-order valence-corrected chi connectivity index (χ2v) is 12.7. The number of hydrogen-bond acceptors (Lipinski definition) is 8. The first-order valence-electron chi connectivity index (χ1n) is 17.0. The first kappa shape index (κ1) is 44.6. The molecule has 17 heteroatoms. The number of hydrogen-bond donors (Lipinski definition) is 9. The summed E-state index contributed by atoms with van der Waals surface area (Å²) in [6.07, 6.45) is 6.99. The van der Waals surface area contributed by atoms with E-state index in [4.69, 9.17) is 11.5 Å². The highest BCUT2D eigenvalue weighted by molar-refractivity contribution is 5.95. The Balaban J connectivity index is 5.49. The fourth-order valence-corrected chi connectivity index (χ4v) is 4.74. The third kappa shape index (κ3) is 20.5. The van der Waals surface area contributed by atoms with Crippen molar-refractivity contribution < 1.29 is 43.8 Å². The van der Waals surface area contributed by atoms with E-state index in [1.165, 1.54) is 12.8 Å². The van der Waals surface area contributed by atoms with Crippen molar-refractivity contribution >= 4 is 47.4 Å². The maximum Gasteiger partial charge on any atom is 0.326 e. The van der Waals surface area contributed by atoms with Crippen LogP contribution in [0.5, 0.6) is 0 Å². The molecule has 0 saturated carbocycles. The van der Waals surface area contributed by atoms with Gasteiger partial charge in [-0.25, -0.2) is 4.79 Å². The van der Waals surface area contributed by atoms with Gasteiger partial charge in [0.05, 0.1) is 13.0 Å². The number of nitrogens with zero attached hydrogens (tertiary/aromatic N) is 1. The first-order chi connectivity index (χ1) is 23.0. The summed E-state index contributed by atoms with van der Waals surface area (Å²) >= 11 is 0. The van der Waals surface area contributed by atoms with Crippen molar-refractivity contribution in [1.82, 2.24) is 26.6 Å². The number of aliphatic imine (C=N–C) groups is 1. The summed E-state index contributed by atoms with van der Waals surface area (Å²) in [5, 5.41) is 30.7. The van der Waals surface area contributed by atoms with E-state index in [-0.39, 0.29) is 43.6 Å². The molecule has 0 aliphatic rings. The molecule has 0 rings (SSSR count). The van der Waals surface area contributed by atoms with Gasteiger partial charge in [-0.2, -0.15) is 0 Å². The van der Waals surface area contributed by atoms with Gasteiger partial charge < -0.3 is 48.3 Å². The number of carboxylic acid groups (broad SMARTS) is 2. The zero-order valence-electron chi connectivity index (χ0n) is 29.5. The van der Waals surface area contributed by atoms with Crippen LogP contribution in [0.4, 0.5) is 0 Å². The van der Waals surface area contributed by atoms with Crippen molar-refractivity contribution in [2.45, 2.75) is 129 Å². The zero-order valence-corrected chi connectivity index (χ0v) is 29.5.